The van der Waals surface area contributed by atoms with E-state index in [1.165, 1.54) is 31.2 Å². The van der Waals surface area contributed by atoms with Crippen molar-refractivity contribution in [1.82, 2.24) is 10.6 Å². The fraction of sp³-hybridized carbons (Fsp3) is 0.588. The summed E-state index contributed by atoms with van der Waals surface area (Å²) >= 11 is 3.43. The van der Waals surface area contributed by atoms with Crippen molar-refractivity contribution in [3.63, 3.8) is 0 Å². The Labute approximate surface area is 136 Å². The lowest BCUT2D eigenvalue weighted by molar-refractivity contribution is -0.121. The molecule has 1 atom stereocenters. The lowest BCUT2D eigenvalue weighted by atomic mass is 10.1. The molecular weight excluding hydrogens is 328 g/mol. The van der Waals surface area contributed by atoms with Gasteiger partial charge in [0.15, 0.2) is 0 Å². The molecule has 0 saturated heterocycles. The molecule has 1 amide bonds. The molecular formula is C17H25BrN2O. The first-order valence-electron chi connectivity index (χ1n) is 7.93. The third-order valence-electron chi connectivity index (χ3n) is 4.16. The van der Waals surface area contributed by atoms with Crippen molar-refractivity contribution in [2.75, 3.05) is 6.54 Å². The first-order chi connectivity index (χ1) is 10.1. The molecule has 0 aromatic heterocycles. The van der Waals surface area contributed by atoms with E-state index in [1.807, 2.05) is 12.1 Å². The highest BCUT2D eigenvalue weighted by Gasteiger charge is 2.15. The summed E-state index contributed by atoms with van der Waals surface area (Å²) in [5, 5.41) is 6.46. The molecule has 0 bridgehead atoms. The summed E-state index contributed by atoms with van der Waals surface area (Å²) in [7, 11) is 0. The molecule has 116 valence electrons. The number of amides is 1. The summed E-state index contributed by atoms with van der Waals surface area (Å²) in [6, 6.07) is 8.76. The lowest BCUT2D eigenvalue weighted by Crippen LogP contribution is -2.40. The van der Waals surface area contributed by atoms with Crippen LogP contribution in [0.25, 0.3) is 0 Å². The SMILES string of the molecule is CC(NCC(=O)NC1CCCCCC1)c1ccc(Br)cc1. The summed E-state index contributed by atoms with van der Waals surface area (Å²) in [6.07, 6.45) is 7.37. The van der Waals surface area contributed by atoms with Gasteiger partial charge >= 0.3 is 0 Å². The van der Waals surface area contributed by atoms with E-state index in [0.29, 0.717) is 12.6 Å². The number of halogens is 1. The minimum absolute atomic E-state index is 0.117. The summed E-state index contributed by atoms with van der Waals surface area (Å²) in [5.41, 5.74) is 1.19. The van der Waals surface area contributed by atoms with Crippen molar-refractivity contribution in [2.45, 2.75) is 57.5 Å². The number of nitrogens with one attached hydrogen (secondary N) is 2. The number of carbonyl (C=O) groups is 1. The molecule has 1 aliphatic carbocycles. The van der Waals surface area contributed by atoms with Gasteiger partial charge in [0.25, 0.3) is 0 Å². The van der Waals surface area contributed by atoms with Crippen molar-refractivity contribution < 1.29 is 4.79 Å². The molecule has 1 aromatic carbocycles. The molecule has 3 nitrogen and oxygen atoms in total. The van der Waals surface area contributed by atoms with Crippen LogP contribution in [0.3, 0.4) is 0 Å². The Morgan fingerprint density at radius 1 is 1.19 bits per heavy atom. The van der Waals surface area contributed by atoms with Crippen molar-refractivity contribution in [2.24, 2.45) is 0 Å². The van der Waals surface area contributed by atoms with Gasteiger partial charge in [0.2, 0.25) is 5.91 Å². The second kappa shape index (κ2) is 8.54. The van der Waals surface area contributed by atoms with Crippen LogP contribution in [0.1, 0.15) is 57.1 Å². The van der Waals surface area contributed by atoms with Gasteiger partial charge in [0, 0.05) is 16.6 Å². The van der Waals surface area contributed by atoms with E-state index < -0.39 is 0 Å². The minimum atomic E-state index is 0.117. The quantitative estimate of drug-likeness (QED) is 0.788. The summed E-state index contributed by atoms with van der Waals surface area (Å²) in [4.78, 5) is 12.0. The Hall–Kier alpha value is -0.870. The van der Waals surface area contributed by atoms with Crippen LogP contribution in [0.15, 0.2) is 28.7 Å². The normalized spacial score (nSPS) is 18.0. The highest BCUT2D eigenvalue weighted by molar-refractivity contribution is 9.10. The van der Waals surface area contributed by atoms with Crippen molar-refractivity contribution >= 4 is 21.8 Å². The van der Waals surface area contributed by atoms with Crippen LogP contribution in [0.4, 0.5) is 0 Å². The molecule has 1 aromatic rings. The van der Waals surface area contributed by atoms with Crippen LogP contribution in [-0.2, 0) is 4.79 Å². The van der Waals surface area contributed by atoms with Gasteiger partial charge in [0.05, 0.1) is 6.54 Å². The van der Waals surface area contributed by atoms with E-state index in [1.54, 1.807) is 0 Å². The first kappa shape index (κ1) is 16.5. The largest absolute Gasteiger partial charge is 0.352 e. The van der Waals surface area contributed by atoms with Gasteiger partial charge in [-0.05, 0) is 37.5 Å². The molecule has 1 aliphatic rings. The third-order valence-corrected chi connectivity index (χ3v) is 4.69. The molecule has 1 fully saturated rings. The van der Waals surface area contributed by atoms with Crippen LogP contribution in [-0.4, -0.2) is 18.5 Å². The van der Waals surface area contributed by atoms with Crippen LogP contribution in [0.5, 0.6) is 0 Å². The zero-order chi connectivity index (χ0) is 15.1. The number of hydrogen-bond donors (Lipinski definition) is 2. The molecule has 0 spiro atoms. The van der Waals surface area contributed by atoms with Gasteiger partial charge in [-0.1, -0.05) is 53.7 Å². The number of carbonyl (C=O) groups excluding carboxylic acids is 1. The van der Waals surface area contributed by atoms with Crippen LogP contribution in [0.2, 0.25) is 0 Å². The summed E-state index contributed by atoms with van der Waals surface area (Å²) in [6.45, 7) is 2.47. The second-order valence-corrected chi connectivity index (χ2v) is 6.83. The Bertz CT molecular complexity index is 439. The summed E-state index contributed by atoms with van der Waals surface area (Å²) in [5.74, 6) is 0.117. The number of benzene rings is 1. The monoisotopic (exact) mass is 352 g/mol. The van der Waals surface area contributed by atoms with Gasteiger partial charge < -0.3 is 10.6 Å². The standard InChI is InChI=1S/C17H25BrN2O/c1-13(14-8-10-15(18)11-9-14)19-12-17(21)20-16-6-4-2-3-5-7-16/h8-11,13,16,19H,2-7,12H2,1H3,(H,20,21). The topological polar surface area (TPSA) is 41.1 Å². The van der Waals surface area contributed by atoms with Crippen molar-refractivity contribution in [3.8, 4) is 0 Å². The Balaban J connectivity index is 1.73. The van der Waals surface area contributed by atoms with Gasteiger partial charge in [-0.2, -0.15) is 0 Å². The lowest BCUT2D eigenvalue weighted by Gasteiger charge is -2.18. The average Bonchev–Trinajstić information content (AvgIpc) is 2.74. The Morgan fingerprint density at radius 3 is 2.43 bits per heavy atom. The zero-order valence-corrected chi connectivity index (χ0v) is 14.3. The molecule has 4 heteroatoms. The van der Waals surface area contributed by atoms with E-state index in [2.05, 4.69) is 45.6 Å². The molecule has 2 N–H and O–H groups in total. The maximum atomic E-state index is 12.0. The predicted molar refractivity (Wildman–Crippen MR) is 90.2 cm³/mol. The maximum absolute atomic E-state index is 12.0. The van der Waals surface area contributed by atoms with E-state index in [9.17, 15) is 4.79 Å². The van der Waals surface area contributed by atoms with E-state index >= 15 is 0 Å². The number of rotatable bonds is 5. The van der Waals surface area contributed by atoms with Gasteiger partial charge in [-0.3, -0.25) is 4.79 Å². The maximum Gasteiger partial charge on any atom is 0.234 e. The summed E-state index contributed by atoms with van der Waals surface area (Å²) < 4.78 is 1.07. The fourth-order valence-corrected chi connectivity index (χ4v) is 3.08. The molecule has 21 heavy (non-hydrogen) atoms. The van der Waals surface area contributed by atoms with E-state index in [4.69, 9.17) is 0 Å². The molecule has 1 unspecified atom stereocenters. The van der Waals surface area contributed by atoms with Crippen LogP contribution in [0, 0.1) is 0 Å². The van der Waals surface area contributed by atoms with E-state index in [-0.39, 0.29) is 11.9 Å². The minimum Gasteiger partial charge on any atom is -0.352 e. The van der Waals surface area contributed by atoms with Crippen molar-refractivity contribution in [1.29, 1.82) is 0 Å². The predicted octanol–water partition coefficient (Wildman–Crippen LogP) is 3.94. The van der Waals surface area contributed by atoms with Crippen molar-refractivity contribution in [3.05, 3.63) is 34.3 Å². The van der Waals surface area contributed by atoms with E-state index in [0.717, 1.165) is 17.3 Å². The molecule has 1 saturated carbocycles. The fourth-order valence-electron chi connectivity index (χ4n) is 2.82. The number of hydrogen-bond acceptors (Lipinski definition) is 2. The van der Waals surface area contributed by atoms with Gasteiger partial charge in [-0.15, -0.1) is 0 Å². The van der Waals surface area contributed by atoms with Crippen LogP contribution < -0.4 is 10.6 Å². The molecule has 0 aliphatic heterocycles. The zero-order valence-electron chi connectivity index (χ0n) is 12.7. The molecule has 0 heterocycles. The Morgan fingerprint density at radius 2 is 1.81 bits per heavy atom. The smallest absolute Gasteiger partial charge is 0.234 e. The highest BCUT2D eigenvalue weighted by atomic mass is 79.9. The van der Waals surface area contributed by atoms with Gasteiger partial charge in [0.1, 0.15) is 0 Å². The first-order valence-corrected chi connectivity index (χ1v) is 8.72. The van der Waals surface area contributed by atoms with Crippen LogP contribution >= 0.6 is 15.9 Å². The third kappa shape index (κ3) is 5.79. The average molecular weight is 353 g/mol. The molecule has 0 radical (unpaired) electrons. The second-order valence-electron chi connectivity index (χ2n) is 5.91. The Kier molecular flexibility index (Phi) is 6.71. The van der Waals surface area contributed by atoms with Gasteiger partial charge in [-0.25, -0.2) is 0 Å². The highest BCUT2D eigenvalue weighted by Crippen LogP contribution is 2.18. The molecule has 2 rings (SSSR count).